The maximum Gasteiger partial charge on any atom is 0.128 e. The summed E-state index contributed by atoms with van der Waals surface area (Å²) in [6.45, 7) is 2.60. The molecule has 3 N–H and O–H groups in total. The lowest BCUT2D eigenvalue weighted by Gasteiger charge is -2.36. The van der Waals surface area contributed by atoms with E-state index < -0.39 is 5.54 Å². The highest BCUT2D eigenvalue weighted by Crippen LogP contribution is 2.27. The van der Waals surface area contributed by atoms with Crippen molar-refractivity contribution >= 4 is 22.9 Å². The van der Waals surface area contributed by atoms with Crippen LogP contribution >= 0.6 is 12.2 Å². The Balaban J connectivity index is 2.41. The molecule has 3 nitrogen and oxygen atoms in total. The van der Waals surface area contributed by atoms with Crippen molar-refractivity contribution in [2.75, 3.05) is 18.9 Å². The van der Waals surface area contributed by atoms with Crippen molar-refractivity contribution in [1.82, 2.24) is 5.32 Å². The summed E-state index contributed by atoms with van der Waals surface area (Å²) in [6, 6.07) is 4.50. The highest BCUT2D eigenvalue weighted by Gasteiger charge is 2.33. The Labute approximate surface area is 98.8 Å². The van der Waals surface area contributed by atoms with Gasteiger partial charge in [0.25, 0.3) is 0 Å². The van der Waals surface area contributed by atoms with Gasteiger partial charge in [-0.05, 0) is 25.1 Å². The van der Waals surface area contributed by atoms with Crippen LogP contribution in [-0.2, 0) is 10.3 Å². The molecule has 2 rings (SSSR count). The summed E-state index contributed by atoms with van der Waals surface area (Å²) in [6.07, 6.45) is 0. The van der Waals surface area contributed by atoms with Gasteiger partial charge in [-0.3, -0.25) is 0 Å². The number of thiocarbonyl (C=S) groups is 1. The molecule has 1 aromatic carbocycles. The Bertz CT molecular complexity index is 438. The standard InChI is InChI=1S/C11H13FN2OS/c1-11(6-15-5-10(16)14-11)8-4-7(13)2-3-9(8)12/h2-4H,5-6,13H2,1H3,(H,14,16)/t11-/m1/s1. The molecule has 0 aliphatic carbocycles. The van der Waals surface area contributed by atoms with Crippen molar-refractivity contribution in [2.45, 2.75) is 12.5 Å². The highest BCUT2D eigenvalue weighted by molar-refractivity contribution is 7.80. The Kier molecular flexibility index (Phi) is 2.82. The number of morpholine rings is 1. The van der Waals surface area contributed by atoms with Gasteiger partial charge >= 0.3 is 0 Å². The molecule has 1 heterocycles. The van der Waals surface area contributed by atoms with E-state index in [1.54, 1.807) is 6.07 Å². The lowest BCUT2D eigenvalue weighted by molar-refractivity contribution is 0.0857. The number of hydrogen-bond acceptors (Lipinski definition) is 3. The number of ether oxygens (including phenoxy) is 1. The van der Waals surface area contributed by atoms with Crippen LogP contribution in [0.15, 0.2) is 18.2 Å². The third kappa shape index (κ3) is 2.01. The Morgan fingerprint density at radius 3 is 3.00 bits per heavy atom. The average molecular weight is 240 g/mol. The van der Waals surface area contributed by atoms with E-state index in [-0.39, 0.29) is 5.82 Å². The molecular weight excluding hydrogens is 227 g/mol. The Morgan fingerprint density at radius 1 is 1.56 bits per heavy atom. The van der Waals surface area contributed by atoms with E-state index in [9.17, 15) is 4.39 Å². The summed E-state index contributed by atoms with van der Waals surface area (Å²) < 4.78 is 19.1. The molecule has 1 atom stereocenters. The van der Waals surface area contributed by atoms with Crippen LogP contribution in [0.4, 0.5) is 10.1 Å². The van der Waals surface area contributed by atoms with Crippen LogP contribution in [-0.4, -0.2) is 18.2 Å². The third-order valence-electron chi connectivity index (χ3n) is 2.62. The molecule has 5 heteroatoms. The highest BCUT2D eigenvalue weighted by atomic mass is 32.1. The number of hydrogen-bond donors (Lipinski definition) is 2. The van der Waals surface area contributed by atoms with Gasteiger partial charge in [0.1, 0.15) is 10.8 Å². The SMILES string of the molecule is C[C@]1(c2cc(N)ccc2F)COCC(=S)N1. The largest absolute Gasteiger partial charge is 0.399 e. The van der Waals surface area contributed by atoms with Crippen LogP contribution < -0.4 is 11.1 Å². The molecule has 0 aromatic heterocycles. The first-order chi connectivity index (χ1) is 7.51. The van der Waals surface area contributed by atoms with Crippen LogP contribution in [0.5, 0.6) is 0 Å². The lowest BCUT2D eigenvalue weighted by Crippen LogP contribution is -2.52. The number of nitrogens with one attached hydrogen (secondary N) is 1. The fourth-order valence-corrected chi connectivity index (χ4v) is 2.15. The van der Waals surface area contributed by atoms with Gasteiger partial charge in [0.05, 0.1) is 18.8 Å². The first kappa shape index (κ1) is 11.3. The molecule has 86 valence electrons. The van der Waals surface area contributed by atoms with E-state index in [1.165, 1.54) is 12.1 Å². The molecule has 0 spiro atoms. The second-order valence-electron chi connectivity index (χ2n) is 4.11. The predicted octanol–water partition coefficient (Wildman–Crippen LogP) is 1.57. The van der Waals surface area contributed by atoms with Crippen molar-refractivity contribution in [3.8, 4) is 0 Å². The third-order valence-corrected chi connectivity index (χ3v) is 2.84. The first-order valence-electron chi connectivity index (χ1n) is 4.95. The second kappa shape index (κ2) is 3.99. The van der Waals surface area contributed by atoms with Gasteiger partial charge in [-0.25, -0.2) is 4.39 Å². The topological polar surface area (TPSA) is 47.3 Å². The van der Waals surface area contributed by atoms with Crippen LogP contribution in [0.25, 0.3) is 0 Å². The van der Waals surface area contributed by atoms with E-state index in [0.717, 1.165) is 0 Å². The summed E-state index contributed by atoms with van der Waals surface area (Å²) in [5.74, 6) is -0.308. The van der Waals surface area contributed by atoms with Gasteiger partial charge in [0.15, 0.2) is 0 Å². The van der Waals surface area contributed by atoms with Crippen LogP contribution in [0, 0.1) is 5.82 Å². The number of nitrogen functional groups attached to an aromatic ring is 1. The Morgan fingerprint density at radius 2 is 2.31 bits per heavy atom. The van der Waals surface area contributed by atoms with Crippen LogP contribution in [0.3, 0.4) is 0 Å². The molecule has 0 unspecified atom stereocenters. The minimum Gasteiger partial charge on any atom is -0.399 e. The van der Waals surface area contributed by atoms with Crippen LogP contribution in [0.2, 0.25) is 0 Å². The van der Waals surface area contributed by atoms with Crippen molar-refractivity contribution in [3.63, 3.8) is 0 Å². The average Bonchev–Trinajstić information content (AvgIpc) is 2.21. The van der Waals surface area contributed by atoms with Gasteiger partial charge in [-0.15, -0.1) is 0 Å². The van der Waals surface area contributed by atoms with Gasteiger partial charge in [-0.1, -0.05) is 12.2 Å². The van der Waals surface area contributed by atoms with E-state index in [1.807, 2.05) is 6.92 Å². The molecule has 1 aliphatic rings. The molecule has 0 amide bonds. The lowest BCUT2D eigenvalue weighted by atomic mass is 9.91. The minimum atomic E-state index is -0.644. The number of halogens is 1. The summed E-state index contributed by atoms with van der Waals surface area (Å²) in [5, 5.41) is 3.09. The number of nitrogens with two attached hydrogens (primary N) is 1. The summed E-state index contributed by atoms with van der Waals surface area (Å²) in [7, 11) is 0. The molecule has 0 saturated carbocycles. The smallest absolute Gasteiger partial charge is 0.128 e. The molecule has 16 heavy (non-hydrogen) atoms. The number of benzene rings is 1. The summed E-state index contributed by atoms with van der Waals surface area (Å²) in [5.41, 5.74) is 6.02. The van der Waals surface area contributed by atoms with E-state index in [4.69, 9.17) is 22.7 Å². The predicted molar refractivity (Wildman–Crippen MR) is 64.7 cm³/mol. The summed E-state index contributed by atoms with van der Waals surface area (Å²) >= 11 is 5.04. The van der Waals surface area contributed by atoms with Crippen molar-refractivity contribution in [3.05, 3.63) is 29.6 Å². The molecule has 0 bridgehead atoms. The van der Waals surface area contributed by atoms with E-state index >= 15 is 0 Å². The zero-order valence-electron chi connectivity index (χ0n) is 8.92. The fraction of sp³-hybridized carbons (Fsp3) is 0.364. The van der Waals surface area contributed by atoms with Gasteiger partial charge in [0, 0.05) is 11.3 Å². The molecular formula is C11H13FN2OS. The van der Waals surface area contributed by atoms with Crippen molar-refractivity contribution in [2.24, 2.45) is 0 Å². The number of anilines is 1. The van der Waals surface area contributed by atoms with E-state index in [0.29, 0.717) is 29.5 Å². The van der Waals surface area contributed by atoms with Gasteiger partial charge in [0.2, 0.25) is 0 Å². The molecule has 1 aliphatic heterocycles. The first-order valence-corrected chi connectivity index (χ1v) is 5.36. The van der Waals surface area contributed by atoms with Gasteiger partial charge < -0.3 is 15.8 Å². The maximum absolute atomic E-state index is 13.7. The summed E-state index contributed by atoms with van der Waals surface area (Å²) in [4.78, 5) is 0.579. The number of rotatable bonds is 1. The normalized spacial score (nSPS) is 25.2. The fourth-order valence-electron chi connectivity index (χ4n) is 1.84. The molecule has 1 fully saturated rings. The molecule has 0 radical (unpaired) electrons. The van der Waals surface area contributed by atoms with Crippen LogP contribution in [0.1, 0.15) is 12.5 Å². The molecule has 1 saturated heterocycles. The quantitative estimate of drug-likeness (QED) is 0.578. The molecule has 1 aromatic rings. The zero-order valence-corrected chi connectivity index (χ0v) is 9.73. The van der Waals surface area contributed by atoms with Gasteiger partial charge in [-0.2, -0.15) is 0 Å². The van der Waals surface area contributed by atoms with Crippen molar-refractivity contribution < 1.29 is 9.13 Å². The Hall–Kier alpha value is -1.20. The maximum atomic E-state index is 13.7. The second-order valence-corrected chi connectivity index (χ2v) is 4.61. The van der Waals surface area contributed by atoms with Crippen molar-refractivity contribution in [1.29, 1.82) is 0 Å². The zero-order chi connectivity index (χ0) is 11.8. The monoisotopic (exact) mass is 240 g/mol. The van der Waals surface area contributed by atoms with E-state index in [2.05, 4.69) is 5.32 Å². The minimum absolute atomic E-state index is 0.308.